The second-order valence-electron chi connectivity index (χ2n) is 5.03. The molecule has 4 aromatic rings. The quantitative estimate of drug-likeness (QED) is 0.560. The van der Waals surface area contributed by atoms with Crippen molar-refractivity contribution in [1.29, 1.82) is 5.26 Å². The monoisotopic (exact) mass is 302 g/mol. The Morgan fingerprint density at radius 1 is 1.04 bits per heavy atom. The summed E-state index contributed by atoms with van der Waals surface area (Å²) in [5, 5.41) is 13.0. The Balaban J connectivity index is 1.75. The number of hydrogen-bond donors (Lipinski definition) is 0. The van der Waals surface area contributed by atoms with Crippen LogP contribution in [-0.4, -0.2) is 15.1 Å². The minimum atomic E-state index is 0.369. The van der Waals surface area contributed by atoms with E-state index in [1.165, 1.54) is 0 Å². The predicted molar refractivity (Wildman–Crippen MR) is 82.2 cm³/mol. The molecule has 0 saturated carbocycles. The van der Waals surface area contributed by atoms with Gasteiger partial charge >= 0.3 is 0 Å². The molecule has 0 spiro atoms. The molecule has 2 aromatic carbocycles. The first-order valence-electron chi connectivity index (χ1n) is 6.95. The summed E-state index contributed by atoms with van der Waals surface area (Å²) in [5.41, 5.74) is 3.51. The summed E-state index contributed by atoms with van der Waals surface area (Å²) >= 11 is 0. The Hall–Kier alpha value is -3.46. The molecule has 0 bridgehead atoms. The standard InChI is InChI=1S/C17H10N4O2/c1-10-19-14-8-12(5-6-15(14)22-10)16-20-17(23-21-16)13-4-2-3-11(7-13)9-18/h2-8H,1H3. The predicted octanol–water partition coefficient (Wildman–Crippen LogP) is 3.72. The molecule has 0 saturated heterocycles. The zero-order chi connectivity index (χ0) is 15.8. The molecule has 23 heavy (non-hydrogen) atoms. The van der Waals surface area contributed by atoms with Gasteiger partial charge in [-0.3, -0.25) is 0 Å². The van der Waals surface area contributed by atoms with Gasteiger partial charge in [0.1, 0.15) is 5.52 Å². The summed E-state index contributed by atoms with van der Waals surface area (Å²) in [6, 6.07) is 14.7. The molecule has 0 unspecified atom stereocenters. The molecule has 0 amide bonds. The van der Waals surface area contributed by atoms with Crippen molar-refractivity contribution >= 4 is 11.1 Å². The Kier molecular flexibility index (Phi) is 2.91. The smallest absolute Gasteiger partial charge is 0.258 e. The summed E-state index contributed by atoms with van der Waals surface area (Å²) < 4.78 is 10.8. The van der Waals surface area contributed by atoms with E-state index in [2.05, 4.69) is 21.2 Å². The molecule has 0 fully saturated rings. The van der Waals surface area contributed by atoms with Crippen LogP contribution in [0.25, 0.3) is 33.9 Å². The van der Waals surface area contributed by atoms with E-state index in [1.807, 2.05) is 24.3 Å². The molecule has 110 valence electrons. The molecule has 0 aliphatic heterocycles. The molecule has 0 N–H and O–H groups in total. The van der Waals surface area contributed by atoms with Gasteiger partial charge in [-0.2, -0.15) is 10.2 Å². The van der Waals surface area contributed by atoms with Gasteiger partial charge in [0, 0.05) is 18.1 Å². The number of nitrogens with zero attached hydrogens (tertiary/aromatic N) is 4. The van der Waals surface area contributed by atoms with Gasteiger partial charge in [0.05, 0.1) is 11.6 Å². The zero-order valence-corrected chi connectivity index (χ0v) is 12.1. The van der Waals surface area contributed by atoms with Crippen molar-refractivity contribution in [3.8, 4) is 28.9 Å². The van der Waals surface area contributed by atoms with E-state index >= 15 is 0 Å². The van der Waals surface area contributed by atoms with Gasteiger partial charge in [-0.25, -0.2) is 4.98 Å². The van der Waals surface area contributed by atoms with Gasteiger partial charge < -0.3 is 8.94 Å². The molecule has 0 atom stereocenters. The second kappa shape index (κ2) is 5.07. The van der Waals surface area contributed by atoms with Crippen molar-refractivity contribution in [2.45, 2.75) is 6.92 Å². The summed E-state index contributed by atoms with van der Waals surface area (Å²) in [5.74, 6) is 1.44. The van der Waals surface area contributed by atoms with Gasteiger partial charge in [0.2, 0.25) is 5.82 Å². The van der Waals surface area contributed by atoms with Crippen LogP contribution < -0.4 is 0 Å². The van der Waals surface area contributed by atoms with E-state index in [9.17, 15) is 0 Å². The van der Waals surface area contributed by atoms with Crippen LogP contribution in [0.4, 0.5) is 0 Å². The van der Waals surface area contributed by atoms with Crippen LogP contribution in [0.2, 0.25) is 0 Å². The lowest BCUT2D eigenvalue weighted by molar-refractivity contribution is 0.432. The number of aryl methyl sites for hydroxylation is 1. The summed E-state index contributed by atoms with van der Waals surface area (Å²) in [4.78, 5) is 8.69. The topological polar surface area (TPSA) is 88.7 Å². The van der Waals surface area contributed by atoms with Crippen molar-refractivity contribution < 1.29 is 8.94 Å². The number of hydrogen-bond acceptors (Lipinski definition) is 6. The SMILES string of the molecule is Cc1nc2cc(-c3noc(-c4cccc(C#N)c4)n3)ccc2o1. The Bertz CT molecular complexity index is 1060. The molecule has 2 heterocycles. The Morgan fingerprint density at radius 2 is 1.96 bits per heavy atom. The minimum Gasteiger partial charge on any atom is -0.441 e. The van der Waals surface area contributed by atoms with E-state index in [0.29, 0.717) is 28.7 Å². The molecule has 0 radical (unpaired) electrons. The fourth-order valence-electron chi connectivity index (χ4n) is 2.36. The zero-order valence-electron chi connectivity index (χ0n) is 12.1. The summed E-state index contributed by atoms with van der Waals surface area (Å²) in [7, 11) is 0. The number of fused-ring (bicyclic) bond motifs is 1. The maximum Gasteiger partial charge on any atom is 0.258 e. The number of oxazole rings is 1. The Labute approximate surface area is 131 Å². The van der Waals surface area contributed by atoms with Crippen molar-refractivity contribution in [2.75, 3.05) is 0 Å². The largest absolute Gasteiger partial charge is 0.441 e. The van der Waals surface area contributed by atoms with Gasteiger partial charge in [0.25, 0.3) is 5.89 Å². The van der Waals surface area contributed by atoms with Crippen molar-refractivity contribution in [3.05, 3.63) is 53.9 Å². The summed E-state index contributed by atoms with van der Waals surface area (Å²) in [6.45, 7) is 1.80. The highest BCUT2D eigenvalue weighted by Gasteiger charge is 2.12. The van der Waals surface area contributed by atoms with Gasteiger partial charge in [0.15, 0.2) is 11.5 Å². The maximum atomic E-state index is 8.96. The molecular weight excluding hydrogens is 292 g/mol. The molecular formula is C17H10N4O2. The highest BCUT2D eigenvalue weighted by Crippen LogP contribution is 2.25. The van der Waals surface area contributed by atoms with Crippen LogP contribution in [-0.2, 0) is 0 Å². The van der Waals surface area contributed by atoms with Crippen LogP contribution in [0.3, 0.4) is 0 Å². The summed E-state index contributed by atoms with van der Waals surface area (Å²) in [6.07, 6.45) is 0. The Morgan fingerprint density at radius 3 is 2.83 bits per heavy atom. The third-order valence-corrected chi connectivity index (χ3v) is 3.42. The van der Waals surface area contributed by atoms with Gasteiger partial charge in [-0.15, -0.1) is 0 Å². The maximum absolute atomic E-state index is 8.96. The minimum absolute atomic E-state index is 0.369. The lowest BCUT2D eigenvalue weighted by Crippen LogP contribution is -1.82. The lowest BCUT2D eigenvalue weighted by Gasteiger charge is -1.94. The molecule has 6 heteroatoms. The molecule has 0 aliphatic carbocycles. The van der Waals surface area contributed by atoms with Crippen LogP contribution in [0.1, 0.15) is 11.5 Å². The highest BCUT2D eigenvalue weighted by atomic mass is 16.5. The average Bonchev–Trinajstić information content (AvgIpc) is 3.19. The van der Waals surface area contributed by atoms with E-state index in [-0.39, 0.29) is 0 Å². The van der Waals surface area contributed by atoms with E-state index in [1.54, 1.807) is 25.1 Å². The van der Waals surface area contributed by atoms with Gasteiger partial charge in [-0.1, -0.05) is 11.2 Å². The van der Waals surface area contributed by atoms with Crippen LogP contribution in [0, 0.1) is 18.3 Å². The molecule has 4 rings (SSSR count). The third kappa shape index (κ3) is 2.34. The van der Waals surface area contributed by atoms with Crippen LogP contribution in [0.15, 0.2) is 51.4 Å². The number of aromatic nitrogens is 3. The van der Waals surface area contributed by atoms with Crippen molar-refractivity contribution in [3.63, 3.8) is 0 Å². The molecule has 6 nitrogen and oxygen atoms in total. The number of nitriles is 1. The van der Waals surface area contributed by atoms with Gasteiger partial charge in [-0.05, 0) is 36.4 Å². The number of benzene rings is 2. The first kappa shape index (κ1) is 13.2. The molecule has 2 aromatic heterocycles. The van der Waals surface area contributed by atoms with Crippen molar-refractivity contribution in [1.82, 2.24) is 15.1 Å². The first-order valence-corrected chi connectivity index (χ1v) is 6.95. The van der Waals surface area contributed by atoms with Crippen LogP contribution in [0.5, 0.6) is 0 Å². The van der Waals surface area contributed by atoms with E-state index in [0.717, 1.165) is 16.7 Å². The third-order valence-electron chi connectivity index (χ3n) is 3.42. The van der Waals surface area contributed by atoms with Crippen LogP contribution >= 0.6 is 0 Å². The fourth-order valence-corrected chi connectivity index (χ4v) is 2.36. The van der Waals surface area contributed by atoms with Crippen molar-refractivity contribution in [2.24, 2.45) is 0 Å². The molecule has 0 aliphatic rings. The fraction of sp³-hybridized carbons (Fsp3) is 0.0588. The highest BCUT2D eigenvalue weighted by molar-refractivity contribution is 5.78. The normalized spacial score (nSPS) is 10.8. The van der Waals surface area contributed by atoms with E-state index < -0.39 is 0 Å². The number of rotatable bonds is 2. The van der Waals surface area contributed by atoms with E-state index in [4.69, 9.17) is 14.2 Å². The first-order chi connectivity index (χ1) is 11.2. The lowest BCUT2D eigenvalue weighted by atomic mass is 10.1. The average molecular weight is 302 g/mol. The second-order valence-corrected chi connectivity index (χ2v) is 5.03.